The molecule has 0 aliphatic heterocycles. The van der Waals surface area contributed by atoms with Crippen molar-refractivity contribution in [3.8, 4) is 34.0 Å². The van der Waals surface area contributed by atoms with E-state index in [0.717, 1.165) is 61.7 Å². The molecular weight excluding hydrogens is 645 g/mol. The molecule has 3 aromatic heterocycles. The Morgan fingerprint density at radius 2 is 1.17 bits per heavy atom. The fourth-order valence-electron chi connectivity index (χ4n) is 8.09. The van der Waals surface area contributed by atoms with Gasteiger partial charge in [-0.1, -0.05) is 122 Å². The van der Waals surface area contributed by atoms with Crippen LogP contribution in [0.1, 0.15) is 24.5 Å². The van der Waals surface area contributed by atoms with Crippen LogP contribution in [0.15, 0.2) is 164 Å². The summed E-state index contributed by atoms with van der Waals surface area (Å²) in [5, 5.41) is 5.75. The van der Waals surface area contributed by atoms with Crippen LogP contribution in [0.2, 0.25) is 0 Å². The van der Waals surface area contributed by atoms with Gasteiger partial charge in [-0.2, -0.15) is 0 Å². The van der Waals surface area contributed by atoms with E-state index in [4.69, 9.17) is 9.97 Å². The number of nitrogens with zero attached hydrogens (tertiary/aromatic N) is 4. The number of aryl methyl sites for hydroxylation is 1. The van der Waals surface area contributed by atoms with Crippen LogP contribution in [0.4, 0.5) is 0 Å². The predicted octanol–water partition coefficient (Wildman–Crippen LogP) is 12.9. The second-order valence-electron chi connectivity index (χ2n) is 13.7. The van der Waals surface area contributed by atoms with Crippen molar-refractivity contribution < 1.29 is 0 Å². The van der Waals surface area contributed by atoms with Crippen LogP contribution < -0.4 is 0 Å². The summed E-state index contributed by atoms with van der Waals surface area (Å²) in [5.74, 6) is 0.657. The smallest absolute Gasteiger partial charge is 0.235 e. The number of rotatable bonds is 6. The number of para-hydroxylation sites is 3. The molecule has 4 heteroatoms. The molecule has 3 heterocycles. The van der Waals surface area contributed by atoms with Gasteiger partial charge in [0, 0.05) is 38.2 Å². The maximum absolute atomic E-state index is 5.59. The molecule has 0 fully saturated rings. The number of benzene rings is 7. The average Bonchev–Trinajstić information content (AvgIpc) is 3.73. The van der Waals surface area contributed by atoms with Crippen LogP contribution >= 0.6 is 0 Å². The summed E-state index contributed by atoms with van der Waals surface area (Å²) in [6.45, 7) is 4.36. The van der Waals surface area contributed by atoms with Crippen LogP contribution in [-0.2, 0) is 0 Å². The van der Waals surface area contributed by atoms with Crippen molar-refractivity contribution in [3.63, 3.8) is 0 Å². The summed E-state index contributed by atoms with van der Waals surface area (Å²) < 4.78 is 4.61. The Bertz CT molecular complexity index is 3040. The predicted molar refractivity (Wildman–Crippen MR) is 223 cm³/mol. The fourth-order valence-corrected chi connectivity index (χ4v) is 8.09. The van der Waals surface area contributed by atoms with Gasteiger partial charge in [-0.25, -0.2) is 9.97 Å². The van der Waals surface area contributed by atoms with E-state index in [1.54, 1.807) is 0 Å². The molecule has 4 nitrogen and oxygen atoms in total. The van der Waals surface area contributed by atoms with E-state index < -0.39 is 0 Å². The number of hydrogen-bond acceptors (Lipinski definition) is 2. The fraction of sp³-hybridized carbons (Fsp3) is 0.0612. The summed E-state index contributed by atoms with van der Waals surface area (Å²) in [5.41, 5.74) is 13.3. The van der Waals surface area contributed by atoms with E-state index >= 15 is 0 Å². The number of hydrogen-bond donors (Lipinski definition) is 0. The number of aromatic nitrogens is 4. The number of allylic oxidation sites excluding steroid dienone is 1. The lowest BCUT2D eigenvalue weighted by atomic mass is 9.98. The van der Waals surface area contributed by atoms with Gasteiger partial charge in [-0.15, -0.1) is 0 Å². The van der Waals surface area contributed by atoms with Gasteiger partial charge in [0.05, 0.1) is 33.3 Å². The van der Waals surface area contributed by atoms with E-state index in [2.05, 4.69) is 193 Å². The molecule has 10 aromatic rings. The minimum Gasteiger partial charge on any atom is -0.309 e. The van der Waals surface area contributed by atoms with Gasteiger partial charge in [-0.3, -0.25) is 4.57 Å². The molecule has 0 amide bonds. The van der Waals surface area contributed by atoms with Crippen molar-refractivity contribution in [3.05, 3.63) is 175 Å². The van der Waals surface area contributed by atoms with Crippen LogP contribution in [0.5, 0.6) is 0 Å². The molecule has 0 unspecified atom stereocenters. The maximum atomic E-state index is 5.59. The van der Waals surface area contributed by atoms with Gasteiger partial charge in [0.1, 0.15) is 0 Å². The zero-order valence-electron chi connectivity index (χ0n) is 29.7. The second kappa shape index (κ2) is 12.5. The highest BCUT2D eigenvalue weighted by atomic mass is 15.2. The third-order valence-electron chi connectivity index (χ3n) is 10.6. The third kappa shape index (κ3) is 4.98. The van der Waals surface area contributed by atoms with Crippen molar-refractivity contribution in [2.75, 3.05) is 0 Å². The topological polar surface area (TPSA) is 35.6 Å². The summed E-state index contributed by atoms with van der Waals surface area (Å²) in [4.78, 5) is 11.0. The molecule has 7 aromatic carbocycles. The highest BCUT2D eigenvalue weighted by molar-refractivity contribution is 6.24. The van der Waals surface area contributed by atoms with Gasteiger partial charge in [-0.05, 0) is 90.2 Å². The molecule has 0 N–H and O–H groups in total. The Morgan fingerprint density at radius 3 is 1.94 bits per heavy atom. The molecule has 10 rings (SSSR count). The van der Waals surface area contributed by atoms with E-state index in [1.165, 1.54) is 38.4 Å². The molecule has 0 aliphatic carbocycles. The number of fused-ring (bicyclic) bond motifs is 8. The normalized spacial score (nSPS) is 12.0. The summed E-state index contributed by atoms with van der Waals surface area (Å²) >= 11 is 0. The largest absolute Gasteiger partial charge is 0.309 e. The molecule has 0 aliphatic rings. The van der Waals surface area contributed by atoms with E-state index in [9.17, 15) is 0 Å². The lowest BCUT2D eigenvalue weighted by Gasteiger charge is -2.14. The molecular formula is C49H36N4. The van der Waals surface area contributed by atoms with Crippen molar-refractivity contribution in [2.24, 2.45) is 0 Å². The Hall–Kier alpha value is -6.78. The minimum atomic E-state index is 0.657. The van der Waals surface area contributed by atoms with Crippen LogP contribution in [-0.4, -0.2) is 19.1 Å². The van der Waals surface area contributed by atoms with Gasteiger partial charge in [0.15, 0.2) is 0 Å². The molecule has 0 radical (unpaired) electrons. The van der Waals surface area contributed by atoms with E-state index in [-0.39, 0.29) is 0 Å². The van der Waals surface area contributed by atoms with Crippen molar-refractivity contribution in [2.45, 2.75) is 20.3 Å². The van der Waals surface area contributed by atoms with Gasteiger partial charge >= 0.3 is 0 Å². The Morgan fingerprint density at radius 1 is 0.509 bits per heavy atom. The zero-order chi connectivity index (χ0) is 35.5. The molecule has 252 valence electrons. The average molecular weight is 681 g/mol. The molecule has 53 heavy (non-hydrogen) atoms. The van der Waals surface area contributed by atoms with Crippen LogP contribution in [0.25, 0.3) is 94.6 Å². The highest BCUT2D eigenvalue weighted by Crippen LogP contribution is 2.42. The minimum absolute atomic E-state index is 0.657. The van der Waals surface area contributed by atoms with Crippen molar-refractivity contribution in [1.29, 1.82) is 0 Å². The molecule has 0 spiro atoms. The van der Waals surface area contributed by atoms with Gasteiger partial charge < -0.3 is 4.57 Å². The Labute approximate surface area is 307 Å². The van der Waals surface area contributed by atoms with Crippen molar-refractivity contribution >= 4 is 60.6 Å². The van der Waals surface area contributed by atoms with Crippen LogP contribution in [0.3, 0.4) is 0 Å². The third-order valence-corrected chi connectivity index (χ3v) is 10.6. The highest BCUT2D eigenvalue weighted by Gasteiger charge is 2.22. The van der Waals surface area contributed by atoms with Gasteiger partial charge in [0.2, 0.25) is 5.95 Å². The first kappa shape index (κ1) is 31.0. The Kier molecular flexibility index (Phi) is 7.29. The molecule has 0 atom stereocenters. The SMILES string of the molecule is CC/C=C\c1ccc(-c2nc(-n3c4ccccc4c4cc(-c5ccccc5)ccc43)nc3ccc4c(c5ccccc5n4-c4ccccc4)c23)cc1C. The second-order valence-corrected chi connectivity index (χ2v) is 13.7. The van der Waals surface area contributed by atoms with E-state index in [1.807, 2.05) is 0 Å². The standard InChI is InChI=1S/C49H36N4/c1-3-4-15-33-24-25-36(30-32(33)2)48-47-41(27-29-45-46(47)39-21-12-14-23-43(39)52(45)37-18-9-6-10-19-37)50-49(51-48)53-42-22-13-11-20-38(42)40-31-35(26-28-44(40)53)34-16-7-5-8-17-34/h4-31H,3H2,1-2H3/b15-4-. The quantitative estimate of drug-likeness (QED) is 0.175. The summed E-state index contributed by atoms with van der Waals surface area (Å²) in [6.07, 6.45) is 5.43. The maximum Gasteiger partial charge on any atom is 0.235 e. The lowest BCUT2D eigenvalue weighted by molar-refractivity contribution is 1.01. The molecule has 0 bridgehead atoms. The first-order chi connectivity index (χ1) is 26.2. The first-order valence-corrected chi connectivity index (χ1v) is 18.3. The lowest BCUT2D eigenvalue weighted by Crippen LogP contribution is -2.04. The summed E-state index contributed by atoms with van der Waals surface area (Å²) in [6, 6.07) is 56.4. The van der Waals surface area contributed by atoms with Crippen LogP contribution in [0, 0.1) is 6.92 Å². The van der Waals surface area contributed by atoms with Crippen molar-refractivity contribution in [1.82, 2.24) is 19.1 Å². The first-order valence-electron chi connectivity index (χ1n) is 18.3. The zero-order valence-corrected chi connectivity index (χ0v) is 29.7. The van der Waals surface area contributed by atoms with E-state index in [0.29, 0.717) is 5.95 Å². The molecule has 0 saturated carbocycles. The molecule has 0 saturated heterocycles. The monoisotopic (exact) mass is 680 g/mol. The van der Waals surface area contributed by atoms with Gasteiger partial charge in [0.25, 0.3) is 0 Å². The Balaban J connectivity index is 1.31. The summed E-state index contributed by atoms with van der Waals surface area (Å²) in [7, 11) is 0.